The molecule has 0 saturated heterocycles. The number of benzene rings is 5. The summed E-state index contributed by atoms with van der Waals surface area (Å²) in [4.78, 5) is 30.0. The van der Waals surface area contributed by atoms with Crippen LogP contribution in [0.25, 0.3) is 11.1 Å². The van der Waals surface area contributed by atoms with Crippen molar-refractivity contribution in [2.24, 2.45) is 47.3 Å². The maximum Gasteiger partial charge on any atom is 0.344 e. The molecule has 8 saturated carbocycles. The fraction of sp³-hybridized carbons (Fsp3) is 0.448. The normalized spacial score (nSPS) is 31.4. The van der Waals surface area contributed by atoms with Gasteiger partial charge in [0.25, 0.3) is 0 Å². The number of fused-ring (bicyclic) bond motifs is 3. The summed E-state index contributed by atoms with van der Waals surface area (Å²) in [5.74, 6) is 7.54. The second-order valence-corrected chi connectivity index (χ2v) is 24.9. The van der Waals surface area contributed by atoms with Gasteiger partial charge in [0.05, 0.1) is 0 Å². The summed E-state index contributed by atoms with van der Waals surface area (Å²) in [5, 5.41) is 0. The quantitative estimate of drug-likeness (QED) is 0.0618. The number of carbonyl (C=O) groups is 2. The van der Waals surface area contributed by atoms with Crippen LogP contribution in [0, 0.1) is 50.9 Å². The molecule has 8 aliphatic carbocycles. The first kappa shape index (κ1) is 44.5. The zero-order valence-electron chi connectivity index (χ0n) is 39.0. The minimum absolute atomic E-state index is 0.0878. The molecule has 5 aromatic rings. The molecule has 68 heavy (non-hydrogen) atoms. The molecule has 10 heteroatoms. The molecule has 8 bridgehead atoms. The molecular weight excluding hydrogens is 984 g/mol. The highest BCUT2D eigenvalue weighted by atomic mass is 127. The number of carbonyl (C=O) groups excluding carboxylic acids is 2. The van der Waals surface area contributed by atoms with Crippen molar-refractivity contribution in [1.29, 1.82) is 0 Å². The molecule has 14 rings (SSSR count). The van der Waals surface area contributed by atoms with Crippen molar-refractivity contribution >= 4 is 45.4 Å². The summed E-state index contributed by atoms with van der Waals surface area (Å²) >= 11 is 2.37. The van der Waals surface area contributed by atoms with Crippen molar-refractivity contribution in [3.8, 4) is 34.1 Å². The van der Waals surface area contributed by atoms with Gasteiger partial charge in [-0.2, -0.15) is 10.9 Å². The molecule has 8 fully saturated rings. The number of halogens is 1. The van der Waals surface area contributed by atoms with Crippen LogP contribution in [-0.4, -0.2) is 36.4 Å². The Kier molecular flexibility index (Phi) is 11.7. The Hall–Kier alpha value is -4.68. The summed E-state index contributed by atoms with van der Waals surface area (Å²) in [6.07, 6.45) is 12.3. The summed E-state index contributed by atoms with van der Waals surface area (Å²) in [5.41, 5.74) is 3.61. The monoisotopic (exact) mass is 1040 g/mol. The van der Waals surface area contributed by atoms with Crippen molar-refractivity contribution in [3.05, 3.63) is 124 Å². The first-order chi connectivity index (χ1) is 33.0. The van der Waals surface area contributed by atoms with E-state index in [1.165, 1.54) is 82.5 Å². The van der Waals surface area contributed by atoms with Gasteiger partial charge in [-0.05, 0) is 260 Å². The van der Waals surface area contributed by atoms with Gasteiger partial charge in [0.2, 0.25) is 0 Å². The molecule has 1 heterocycles. The molecule has 1 aliphatic heterocycles. The lowest BCUT2D eigenvalue weighted by Crippen LogP contribution is -2.58. The van der Waals surface area contributed by atoms with Crippen molar-refractivity contribution < 1.29 is 38.0 Å². The largest absolute Gasteiger partial charge is 0.489 e. The average Bonchev–Trinajstić information content (AvgIpc) is 3.65. The van der Waals surface area contributed by atoms with Gasteiger partial charge in [-0.25, -0.2) is 9.59 Å². The Bertz CT molecular complexity index is 2480. The van der Waals surface area contributed by atoms with Gasteiger partial charge in [-0.1, -0.05) is 24.3 Å². The molecule has 0 spiro atoms. The number of hydrogen-bond donors (Lipinski definition) is 1. The first-order valence-corrected chi connectivity index (χ1v) is 27.4. The second kappa shape index (κ2) is 17.9. The van der Waals surface area contributed by atoms with Crippen molar-refractivity contribution in [2.75, 3.05) is 13.2 Å². The highest BCUT2D eigenvalue weighted by Gasteiger charge is 2.58. The minimum Gasteiger partial charge on any atom is -0.489 e. The van der Waals surface area contributed by atoms with Crippen LogP contribution in [0.15, 0.2) is 124 Å². The topological polar surface area (TPSA) is 89.5 Å². The minimum atomic E-state index is -0.770. The van der Waals surface area contributed by atoms with E-state index in [4.69, 9.17) is 28.4 Å². The molecule has 0 unspecified atom stereocenters. The third kappa shape index (κ3) is 8.57. The summed E-state index contributed by atoms with van der Waals surface area (Å²) < 4.78 is 38.3. The number of hydrogen-bond acceptors (Lipinski definition) is 8. The molecule has 0 N–H and O–H groups in total. The van der Waals surface area contributed by atoms with E-state index in [1.807, 2.05) is 48.5 Å². The van der Waals surface area contributed by atoms with E-state index < -0.39 is 10.9 Å². The molecule has 0 atom stereocenters. The summed E-state index contributed by atoms with van der Waals surface area (Å²) in [6.45, 7) is 4.95. The molecule has 9 aliphatic rings. The zero-order valence-corrected chi connectivity index (χ0v) is 42.1. The Labute approximate surface area is 416 Å². The average molecular weight is 1050 g/mol. The van der Waals surface area contributed by atoms with E-state index in [0.29, 0.717) is 48.4 Å². The smallest absolute Gasteiger partial charge is 0.344 e. The van der Waals surface area contributed by atoms with Crippen molar-refractivity contribution in [3.63, 3.8) is 0 Å². The third-order valence-corrected chi connectivity index (χ3v) is 20.6. The maximum atomic E-state index is 13.1. The van der Waals surface area contributed by atoms with Crippen LogP contribution >= 0.6 is 33.5 Å². The van der Waals surface area contributed by atoms with E-state index >= 15 is 0 Å². The third-order valence-electron chi connectivity index (χ3n) is 17.4. The lowest BCUT2D eigenvalue weighted by atomic mass is 9.50. The van der Waals surface area contributed by atoms with Crippen molar-refractivity contribution in [2.45, 2.75) is 117 Å². The standard InChI is InChI=1S/C58H61IO8S/c1-57(41-21-37-19-38(23-41)24-42(57)22-37)66-55(60)33-64-46-9-3-35(4-10-46)31-62-48-13-17-53-51(29-48)52-30-49(14-18-54(52)68(53)50-15-7-45(59)8-16-50)63-32-36-5-11-47(12-6-36)65-34-56(61)67-58(2)43-25-39-20-40(27-43)28-44(58)26-39/h3-18,29-30,37-44,68H,19-28,31-34H2,1-2H3. The Morgan fingerprint density at radius 2 is 0.853 bits per heavy atom. The predicted molar refractivity (Wildman–Crippen MR) is 270 cm³/mol. The fourth-order valence-corrected chi connectivity index (χ4v) is 17.1. The Balaban J connectivity index is 0.668. The first-order valence-electron chi connectivity index (χ1n) is 25.0. The Morgan fingerprint density at radius 3 is 1.24 bits per heavy atom. The highest BCUT2D eigenvalue weighted by molar-refractivity contribution is 14.1. The van der Waals surface area contributed by atoms with Gasteiger partial charge >= 0.3 is 11.9 Å². The number of rotatable bonds is 15. The molecule has 0 aromatic heterocycles. The number of ether oxygens (including phenoxy) is 6. The Morgan fingerprint density at radius 1 is 0.485 bits per heavy atom. The van der Waals surface area contributed by atoms with Crippen LogP contribution in [0.1, 0.15) is 89.2 Å². The van der Waals surface area contributed by atoms with E-state index in [2.05, 4.69) is 97.1 Å². The van der Waals surface area contributed by atoms with Crippen molar-refractivity contribution in [1.82, 2.24) is 0 Å². The predicted octanol–water partition coefficient (Wildman–Crippen LogP) is 13.2. The van der Waals surface area contributed by atoms with Gasteiger partial charge in [0, 0.05) is 13.4 Å². The lowest BCUT2D eigenvalue weighted by molar-refractivity contribution is -0.205. The summed E-state index contributed by atoms with van der Waals surface area (Å²) in [7, 11) is -0.770. The van der Waals surface area contributed by atoms with Gasteiger partial charge in [-0.15, -0.1) is 0 Å². The molecule has 5 aromatic carbocycles. The van der Waals surface area contributed by atoms with Crippen LogP contribution in [0.2, 0.25) is 0 Å². The maximum absolute atomic E-state index is 13.1. The second-order valence-electron chi connectivity index (χ2n) is 21.5. The van der Waals surface area contributed by atoms with Crippen LogP contribution < -0.4 is 18.9 Å². The van der Waals surface area contributed by atoms with E-state index in [9.17, 15) is 9.59 Å². The van der Waals surface area contributed by atoms with Gasteiger partial charge in [0.15, 0.2) is 13.2 Å². The molecule has 0 radical (unpaired) electrons. The highest BCUT2D eigenvalue weighted by Crippen LogP contribution is 2.64. The van der Waals surface area contributed by atoms with Gasteiger partial charge < -0.3 is 28.4 Å². The fourth-order valence-electron chi connectivity index (χ4n) is 14.1. The van der Waals surface area contributed by atoms with Crippen LogP contribution in [0.4, 0.5) is 0 Å². The molecular formula is C58H61IO8S. The molecule has 354 valence electrons. The lowest BCUT2D eigenvalue weighted by Gasteiger charge is -2.59. The molecule has 8 nitrogen and oxygen atoms in total. The van der Waals surface area contributed by atoms with E-state index in [-0.39, 0.29) is 36.4 Å². The number of esters is 2. The summed E-state index contributed by atoms with van der Waals surface area (Å²) in [6, 6.07) is 37.3. The van der Waals surface area contributed by atoms with Crippen LogP contribution in [0.3, 0.4) is 0 Å². The zero-order chi connectivity index (χ0) is 46.1. The molecule has 0 amide bonds. The van der Waals surface area contributed by atoms with Gasteiger partial charge in [0.1, 0.15) is 47.4 Å². The number of thiol groups is 1. The van der Waals surface area contributed by atoms with Crippen LogP contribution in [0.5, 0.6) is 23.0 Å². The van der Waals surface area contributed by atoms with E-state index in [1.54, 1.807) is 0 Å². The SMILES string of the molecule is CC1(OC(=O)COc2ccc(COc3ccc4c(c3)-c3cc(OCc5ccc(OCC(=O)OC6(C)C7CC8CC(C7)CC6C8)cc5)ccc3[SH]4c3ccc(I)cc3)cc2)C2CC3CC(C2)CC1C3. The van der Waals surface area contributed by atoms with Crippen LogP contribution in [-0.2, 0) is 32.3 Å². The van der Waals surface area contributed by atoms with Gasteiger partial charge in [-0.3, -0.25) is 0 Å². The van der Waals surface area contributed by atoms with E-state index in [0.717, 1.165) is 57.4 Å².